The van der Waals surface area contributed by atoms with E-state index in [0.29, 0.717) is 43.0 Å². The van der Waals surface area contributed by atoms with E-state index in [1.165, 1.54) is 0 Å². The number of carbonyl (C=O) groups excluding carboxylic acids is 2. The van der Waals surface area contributed by atoms with E-state index in [4.69, 9.17) is 9.47 Å². The summed E-state index contributed by atoms with van der Waals surface area (Å²) < 4.78 is 11.4. The lowest BCUT2D eigenvalue weighted by molar-refractivity contribution is -0.126. The normalized spacial score (nSPS) is 14.7. The van der Waals surface area contributed by atoms with E-state index in [2.05, 4.69) is 34.8 Å². The number of nitrogens with zero attached hydrogens (tertiary/aromatic N) is 1. The van der Waals surface area contributed by atoms with Gasteiger partial charge in [-0.05, 0) is 54.0 Å². The van der Waals surface area contributed by atoms with E-state index in [1.807, 2.05) is 11.0 Å². The molecule has 0 spiro atoms. The van der Waals surface area contributed by atoms with Gasteiger partial charge in [-0.1, -0.05) is 19.8 Å². The summed E-state index contributed by atoms with van der Waals surface area (Å²) >= 11 is 2.14. The Bertz CT molecular complexity index is 658. The molecule has 0 radical (unpaired) electrons. The molecule has 0 aromatic heterocycles. The first-order valence-corrected chi connectivity index (χ1v) is 10.6. The Labute approximate surface area is 175 Å². The molecule has 1 heterocycles. The molecule has 1 N–H and O–H groups in total. The lowest BCUT2D eigenvalue weighted by atomic mass is 9.95. The van der Waals surface area contributed by atoms with Crippen molar-refractivity contribution < 1.29 is 19.1 Å². The van der Waals surface area contributed by atoms with Gasteiger partial charge in [-0.3, -0.25) is 9.59 Å². The number of benzene rings is 1. The van der Waals surface area contributed by atoms with Crippen molar-refractivity contribution in [1.29, 1.82) is 0 Å². The third-order valence-electron chi connectivity index (χ3n) is 4.94. The van der Waals surface area contributed by atoms with Crippen molar-refractivity contribution in [2.24, 2.45) is 5.92 Å². The number of piperidine rings is 1. The van der Waals surface area contributed by atoms with Crippen LogP contribution in [-0.2, 0) is 4.79 Å². The molecule has 1 fully saturated rings. The van der Waals surface area contributed by atoms with Gasteiger partial charge in [0.1, 0.15) is 0 Å². The molecule has 1 aromatic carbocycles. The Morgan fingerprint density at radius 2 is 1.78 bits per heavy atom. The summed E-state index contributed by atoms with van der Waals surface area (Å²) in [6.45, 7) is 4.08. The molecule has 1 aromatic rings. The highest BCUT2D eigenvalue weighted by Crippen LogP contribution is 2.32. The summed E-state index contributed by atoms with van der Waals surface area (Å²) in [5.74, 6) is 1.25. The molecule has 0 saturated carbocycles. The van der Waals surface area contributed by atoms with E-state index >= 15 is 0 Å². The number of unbranched alkanes of at least 4 members (excludes halogenated alkanes) is 2. The first-order chi connectivity index (χ1) is 13.0. The predicted molar refractivity (Wildman–Crippen MR) is 113 cm³/mol. The molecule has 1 aliphatic heterocycles. The quantitative estimate of drug-likeness (QED) is 0.450. The summed E-state index contributed by atoms with van der Waals surface area (Å²) in [6, 6.07) is 3.54. The highest BCUT2D eigenvalue weighted by Gasteiger charge is 2.29. The van der Waals surface area contributed by atoms with Gasteiger partial charge in [0, 0.05) is 29.1 Å². The zero-order valence-corrected chi connectivity index (χ0v) is 18.5. The molecule has 150 valence electrons. The SMILES string of the molecule is CCCCCNC(=O)C1CCN(C(=O)c2cc(OC)c(OC)cc2I)CC1. The largest absolute Gasteiger partial charge is 0.493 e. The summed E-state index contributed by atoms with van der Waals surface area (Å²) in [7, 11) is 3.14. The molecule has 27 heavy (non-hydrogen) atoms. The molecule has 6 nitrogen and oxygen atoms in total. The lowest BCUT2D eigenvalue weighted by Crippen LogP contribution is -2.43. The van der Waals surface area contributed by atoms with Crippen molar-refractivity contribution in [2.75, 3.05) is 33.9 Å². The van der Waals surface area contributed by atoms with Gasteiger partial charge in [-0.25, -0.2) is 0 Å². The van der Waals surface area contributed by atoms with Crippen LogP contribution >= 0.6 is 22.6 Å². The number of hydrogen-bond donors (Lipinski definition) is 1. The molecule has 2 rings (SSSR count). The minimum Gasteiger partial charge on any atom is -0.493 e. The number of likely N-dealkylation sites (tertiary alicyclic amines) is 1. The van der Waals surface area contributed by atoms with Crippen LogP contribution in [0, 0.1) is 9.49 Å². The number of methoxy groups -OCH3 is 2. The van der Waals surface area contributed by atoms with Crippen LogP contribution in [-0.4, -0.2) is 50.6 Å². The molecule has 0 atom stereocenters. The molecule has 2 amide bonds. The number of halogens is 1. The average Bonchev–Trinajstić information content (AvgIpc) is 2.70. The zero-order chi connectivity index (χ0) is 19.8. The van der Waals surface area contributed by atoms with Gasteiger partial charge >= 0.3 is 0 Å². The topological polar surface area (TPSA) is 67.9 Å². The molecule has 0 bridgehead atoms. The summed E-state index contributed by atoms with van der Waals surface area (Å²) in [4.78, 5) is 27.0. The fraction of sp³-hybridized carbons (Fsp3) is 0.600. The van der Waals surface area contributed by atoms with Crippen molar-refractivity contribution in [3.05, 3.63) is 21.3 Å². The van der Waals surface area contributed by atoms with Crippen LogP contribution < -0.4 is 14.8 Å². The molecular formula is C20H29IN2O4. The first-order valence-electron chi connectivity index (χ1n) is 9.50. The number of amides is 2. The van der Waals surface area contributed by atoms with Crippen molar-refractivity contribution >= 4 is 34.4 Å². The minimum atomic E-state index is -0.0258. The van der Waals surface area contributed by atoms with Gasteiger partial charge in [0.25, 0.3) is 5.91 Å². The molecule has 1 aliphatic rings. The van der Waals surface area contributed by atoms with Gasteiger partial charge in [0.05, 0.1) is 19.8 Å². The smallest absolute Gasteiger partial charge is 0.255 e. The summed E-state index contributed by atoms with van der Waals surface area (Å²) in [5.41, 5.74) is 0.607. The highest BCUT2D eigenvalue weighted by atomic mass is 127. The van der Waals surface area contributed by atoms with E-state index in [9.17, 15) is 9.59 Å². The van der Waals surface area contributed by atoms with Crippen molar-refractivity contribution in [3.8, 4) is 11.5 Å². The number of ether oxygens (including phenoxy) is 2. The second-order valence-corrected chi connectivity index (χ2v) is 7.91. The monoisotopic (exact) mass is 488 g/mol. The third-order valence-corrected chi connectivity index (χ3v) is 5.83. The summed E-state index contributed by atoms with van der Waals surface area (Å²) in [6.07, 6.45) is 4.71. The third kappa shape index (κ3) is 5.73. The van der Waals surface area contributed by atoms with Crippen LogP contribution in [0.25, 0.3) is 0 Å². The zero-order valence-electron chi connectivity index (χ0n) is 16.3. The molecule has 7 heteroatoms. The van der Waals surface area contributed by atoms with Gasteiger partial charge in [-0.15, -0.1) is 0 Å². The Balaban J connectivity index is 1.94. The van der Waals surface area contributed by atoms with Crippen LogP contribution in [0.15, 0.2) is 12.1 Å². The minimum absolute atomic E-state index is 0.000141. The standard InChI is InChI=1S/C20H29IN2O4/c1-4-5-6-9-22-19(24)14-7-10-23(11-8-14)20(25)15-12-17(26-2)18(27-3)13-16(15)21/h12-14H,4-11H2,1-3H3,(H,22,24). The van der Waals surface area contributed by atoms with Gasteiger partial charge in [0.15, 0.2) is 11.5 Å². The second-order valence-electron chi connectivity index (χ2n) is 6.75. The van der Waals surface area contributed by atoms with Gasteiger partial charge in [0.2, 0.25) is 5.91 Å². The second kappa shape index (κ2) is 10.7. The summed E-state index contributed by atoms with van der Waals surface area (Å²) in [5, 5.41) is 3.03. The molecule has 0 unspecified atom stereocenters. The fourth-order valence-corrected chi connectivity index (χ4v) is 3.93. The maximum atomic E-state index is 12.9. The predicted octanol–water partition coefficient (Wildman–Crippen LogP) is 3.47. The Morgan fingerprint density at radius 3 is 2.37 bits per heavy atom. The van der Waals surface area contributed by atoms with Gasteiger partial charge in [-0.2, -0.15) is 0 Å². The van der Waals surface area contributed by atoms with E-state index in [1.54, 1.807) is 20.3 Å². The lowest BCUT2D eigenvalue weighted by Gasteiger charge is -2.31. The van der Waals surface area contributed by atoms with Gasteiger partial charge < -0.3 is 19.7 Å². The van der Waals surface area contributed by atoms with Crippen LogP contribution in [0.4, 0.5) is 0 Å². The van der Waals surface area contributed by atoms with Crippen molar-refractivity contribution in [1.82, 2.24) is 10.2 Å². The Morgan fingerprint density at radius 1 is 1.15 bits per heavy atom. The molecule has 0 aliphatic carbocycles. The number of hydrogen-bond acceptors (Lipinski definition) is 4. The van der Waals surface area contributed by atoms with Crippen LogP contribution in [0.3, 0.4) is 0 Å². The van der Waals surface area contributed by atoms with E-state index in [0.717, 1.165) is 29.4 Å². The number of carbonyl (C=O) groups is 2. The maximum Gasteiger partial charge on any atom is 0.255 e. The molecular weight excluding hydrogens is 459 g/mol. The molecule has 1 saturated heterocycles. The van der Waals surface area contributed by atoms with Crippen LogP contribution in [0.1, 0.15) is 49.4 Å². The average molecular weight is 488 g/mol. The number of rotatable bonds is 8. The van der Waals surface area contributed by atoms with Crippen molar-refractivity contribution in [2.45, 2.75) is 39.0 Å². The van der Waals surface area contributed by atoms with Crippen molar-refractivity contribution in [3.63, 3.8) is 0 Å². The Kier molecular flexibility index (Phi) is 8.66. The Hall–Kier alpha value is -1.51. The maximum absolute atomic E-state index is 12.9. The van der Waals surface area contributed by atoms with Crippen LogP contribution in [0.2, 0.25) is 0 Å². The van der Waals surface area contributed by atoms with E-state index < -0.39 is 0 Å². The highest BCUT2D eigenvalue weighted by molar-refractivity contribution is 14.1. The fourth-order valence-electron chi connectivity index (χ4n) is 3.26. The first kappa shape index (κ1) is 21.8. The van der Waals surface area contributed by atoms with E-state index in [-0.39, 0.29) is 17.7 Å². The van der Waals surface area contributed by atoms with Crippen LogP contribution in [0.5, 0.6) is 11.5 Å². The number of nitrogens with one attached hydrogen (secondary N) is 1.